The predicted molar refractivity (Wildman–Crippen MR) is 134 cm³/mol. The van der Waals surface area contributed by atoms with Crippen LogP contribution in [0.3, 0.4) is 0 Å². The van der Waals surface area contributed by atoms with Crippen molar-refractivity contribution in [3.05, 3.63) is 76.8 Å². The number of aromatic hydroxyl groups is 1. The van der Waals surface area contributed by atoms with Gasteiger partial charge in [0.05, 0.1) is 37.2 Å². The van der Waals surface area contributed by atoms with Crippen LogP contribution in [0.2, 0.25) is 0 Å². The number of nitro groups is 1. The predicted octanol–water partition coefficient (Wildman–Crippen LogP) is -1.32. The number of nitrogens with zero attached hydrogens (tertiary/aromatic N) is 5. The molecule has 0 unspecified atom stereocenters. The first-order valence-electron chi connectivity index (χ1n) is 10.4. The molecule has 15 nitrogen and oxygen atoms in total. The van der Waals surface area contributed by atoms with E-state index in [-0.39, 0.29) is 76.2 Å². The number of benzene rings is 4. The normalized spacial score (nSPS) is 11.9. The fourth-order valence-corrected chi connectivity index (χ4v) is 4.78. The second kappa shape index (κ2) is 13.4. The molecule has 0 spiro atoms. The van der Waals surface area contributed by atoms with Gasteiger partial charge < -0.3 is 19.9 Å². The van der Waals surface area contributed by atoms with Crippen molar-refractivity contribution in [1.82, 2.24) is 0 Å². The second-order valence-electron chi connectivity index (χ2n) is 7.73. The van der Waals surface area contributed by atoms with Crippen LogP contribution in [0, 0.1) is 10.1 Å². The van der Waals surface area contributed by atoms with Crippen molar-refractivity contribution in [1.29, 1.82) is 0 Å². The van der Waals surface area contributed by atoms with E-state index in [1.54, 1.807) is 18.2 Å². The van der Waals surface area contributed by atoms with Crippen molar-refractivity contribution in [3.63, 3.8) is 0 Å². The maximum atomic E-state index is 12.0. The van der Waals surface area contributed by atoms with E-state index in [2.05, 4.69) is 20.5 Å². The first-order valence-corrected chi connectivity index (χ1v) is 13.3. The van der Waals surface area contributed by atoms with Gasteiger partial charge in [-0.25, -0.2) is 16.8 Å². The topological polar surface area (TPSA) is 253 Å². The number of nitro benzene ring substituents is 1. The molecule has 0 amide bonds. The molecule has 0 atom stereocenters. The molecule has 4 rings (SSSR count). The minimum atomic E-state index is -5.33. The second-order valence-corrected chi connectivity index (χ2v) is 10.4. The summed E-state index contributed by atoms with van der Waals surface area (Å²) in [6.07, 6.45) is 0. The van der Waals surface area contributed by atoms with E-state index < -0.39 is 68.5 Å². The Hall–Kier alpha value is -2.84. The number of hydrogen-bond acceptors (Lipinski definition) is 14. The third-order valence-corrected chi connectivity index (χ3v) is 6.88. The van der Waals surface area contributed by atoms with E-state index in [0.29, 0.717) is 12.1 Å². The van der Waals surface area contributed by atoms with Crippen molar-refractivity contribution < 1.29 is 95.1 Å². The van der Waals surface area contributed by atoms with Crippen molar-refractivity contribution in [2.24, 2.45) is 20.5 Å². The fraction of sp³-hybridized carbons (Fsp3) is 0. The number of non-ortho nitro benzene ring substituents is 1. The molecule has 0 aliphatic carbocycles. The third-order valence-electron chi connectivity index (χ3n) is 5.18. The van der Waals surface area contributed by atoms with E-state index in [9.17, 15) is 41.2 Å². The maximum absolute atomic E-state index is 12.0. The van der Waals surface area contributed by atoms with Gasteiger partial charge in [-0.1, -0.05) is 24.3 Å². The van der Waals surface area contributed by atoms with Crippen LogP contribution in [-0.2, 0) is 20.2 Å². The number of anilines is 1. The molecule has 200 valence electrons. The molecule has 0 saturated carbocycles. The van der Waals surface area contributed by atoms with Crippen LogP contribution >= 0.6 is 0 Å². The summed E-state index contributed by atoms with van der Waals surface area (Å²) in [6.45, 7) is 0. The third kappa shape index (κ3) is 7.72. The van der Waals surface area contributed by atoms with Crippen molar-refractivity contribution in [2.45, 2.75) is 9.79 Å². The Labute approximate surface area is 276 Å². The number of hydrogen-bond donors (Lipinski definition) is 2. The average molecular weight is 617 g/mol. The minimum Gasteiger partial charge on any atom is -0.744 e. The summed E-state index contributed by atoms with van der Waals surface area (Å²) in [5.74, 6) is -0.972. The van der Waals surface area contributed by atoms with Gasteiger partial charge in [-0.15, -0.1) is 10.2 Å². The molecule has 0 aromatic heterocycles. The Balaban J connectivity index is 0.00000294. The molecule has 19 heteroatoms. The van der Waals surface area contributed by atoms with Gasteiger partial charge in [0, 0.05) is 12.1 Å². The Bertz CT molecular complexity index is 1920. The fourth-order valence-electron chi connectivity index (χ4n) is 3.47. The van der Waals surface area contributed by atoms with Gasteiger partial charge >= 0.3 is 59.1 Å². The van der Waals surface area contributed by atoms with Gasteiger partial charge in [0.1, 0.15) is 31.6 Å². The smallest absolute Gasteiger partial charge is 0.744 e. The van der Waals surface area contributed by atoms with Crippen LogP contribution in [0.5, 0.6) is 5.75 Å². The zero-order valence-corrected chi connectivity index (χ0v) is 26.8. The quantitative estimate of drug-likeness (QED) is 0.0618. The van der Waals surface area contributed by atoms with Gasteiger partial charge in [-0.3, -0.25) is 10.1 Å². The summed E-state index contributed by atoms with van der Waals surface area (Å²) in [4.78, 5) is 8.18. The van der Waals surface area contributed by atoms with E-state index in [4.69, 9.17) is 5.73 Å². The number of azo groups is 2. The largest absolute Gasteiger partial charge is 1.00 e. The number of phenols is 1. The molecular weight excluding hydrogens is 602 g/mol. The van der Waals surface area contributed by atoms with E-state index in [0.717, 1.165) is 6.07 Å². The first-order chi connectivity index (χ1) is 18.3. The Morgan fingerprint density at radius 2 is 1.24 bits per heavy atom. The van der Waals surface area contributed by atoms with E-state index >= 15 is 0 Å². The summed E-state index contributed by atoms with van der Waals surface area (Å²) >= 11 is 0. The van der Waals surface area contributed by atoms with E-state index in [1.165, 1.54) is 30.3 Å². The van der Waals surface area contributed by atoms with Gasteiger partial charge in [0.2, 0.25) is 0 Å². The Morgan fingerprint density at radius 1 is 0.732 bits per heavy atom. The van der Waals surface area contributed by atoms with Crippen LogP contribution in [0.25, 0.3) is 10.8 Å². The number of fused-ring (bicyclic) bond motifs is 1. The minimum absolute atomic E-state index is 0. The molecular formula is C22H14N6Na2O9S2. The van der Waals surface area contributed by atoms with Crippen LogP contribution in [-0.4, -0.2) is 36.0 Å². The number of rotatable bonds is 7. The molecule has 41 heavy (non-hydrogen) atoms. The zero-order valence-electron chi connectivity index (χ0n) is 21.2. The molecule has 0 aliphatic rings. The molecule has 0 fully saturated rings. The molecule has 0 aliphatic heterocycles. The number of phenolic OH excluding ortho intramolecular Hbond substituents is 1. The van der Waals surface area contributed by atoms with Crippen LogP contribution in [0.4, 0.5) is 34.1 Å². The summed E-state index contributed by atoms with van der Waals surface area (Å²) in [7, 11) is -10.6. The van der Waals surface area contributed by atoms with Crippen LogP contribution in [0.15, 0.2) is 97.0 Å². The van der Waals surface area contributed by atoms with Crippen molar-refractivity contribution >= 4 is 65.1 Å². The first kappa shape index (κ1) is 34.4. The molecule has 4 aromatic carbocycles. The molecule has 3 N–H and O–H groups in total. The van der Waals surface area contributed by atoms with Gasteiger partial charge in [0.15, 0.2) is 5.75 Å². The molecule has 0 bridgehead atoms. The number of nitrogen functional groups attached to an aromatic ring is 1. The van der Waals surface area contributed by atoms with Crippen molar-refractivity contribution in [2.75, 3.05) is 5.73 Å². The Morgan fingerprint density at radius 3 is 1.80 bits per heavy atom. The zero-order chi connectivity index (χ0) is 28.5. The summed E-state index contributed by atoms with van der Waals surface area (Å²) < 4.78 is 72.0. The van der Waals surface area contributed by atoms with Crippen molar-refractivity contribution in [3.8, 4) is 5.75 Å². The van der Waals surface area contributed by atoms with Gasteiger partial charge in [-0.2, -0.15) is 10.2 Å². The molecule has 0 radical (unpaired) electrons. The van der Waals surface area contributed by atoms with Crippen LogP contribution in [0.1, 0.15) is 0 Å². The number of nitrogens with two attached hydrogens (primary N) is 1. The monoisotopic (exact) mass is 616 g/mol. The molecule has 0 saturated heterocycles. The van der Waals surface area contributed by atoms with Crippen LogP contribution < -0.4 is 64.8 Å². The molecule has 4 aromatic rings. The average Bonchev–Trinajstić information content (AvgIpc) is 2.86. The van der Waals surface area contributed by atoms with E-state index in [1.807, 2.05) is 0 Å². The summed E-state index contributed by atoms with van der Waals surface area (Å²) in [5.41, 5.74) is 3.66. The standard InChI is InChI=1S/C22H16N6O9S2.2Na/c23-19-18-12(10-17(39(35,36)37)21(22(18)29)27-24-13-5-2-1-3-6-13)9-16(38(32,33)34)20(19)26-25-14-7-4-8-15(11-14)28(30)31;;/h1-11,29H,23H2,(H,32,33,34)(H,35,36,37);;/q;2*+1/p-2. The summed E-state index contributed by atoms with van der Waals surface area (Å²) in [5, 5.41) is 36.0. The summed E-state index contributed by atoms with van der Waals surface area (Å²) in [6, 6.07) is 14.0. The Kier molecular flexibility index (Phi) is 11.3. The SMILES string of the molecule is Nc1c(N=Nc2cccc([N+](=O)[O-])c2)c(S(=O)(=O)[O-])cc2cc(S(=O)(=O)[O-])c(N=Nc3ccccc3)c(O)c12.[Na+].[Na+]. The molecule has 0 heterocycles. The maximum Gasteiger partial charge on any atom is 1.00 e. The van der Waals surface area contributed by atoms with Gasteiger partial charge in [-0.05, 0) is 35.7 Å². The van der Waals surface area contributed by atoms with Gasteiger partial charge in [0.25, 0.3) is 5.69 Å².